The second-order valence-electron chi connectivity index (χ2n) is 9.78. The minimum Gasteiger partial charge on any atom is -0.432 e. The number of benzene rings is 2. The number of anilines is 1. The van der Waals surface area contributed by atoms with Crippen molar-refractivity contribution in [1.82, 2.24) is 10.3 Å². The highest BCUT2D eigenvalue weighted by molar-refractivity contribution is 5.95. The number of ether oxygens (including phenoxy) is 3. The minimum absolute atomic E-state index is 0.181. The van der Waals surface area contributed by atoms with Crippen LogP contribution in [0.3, 0.4) is 0 Å². The van der Waals surface area contributed by atoms with E-state index in [4.69, 9.17) is 14.2 Å². The van der Waals surface area contributed by atoms with Crippen LogP contribution in [0.5, 0.6) is 0 Å². The number of aliphatic hydroxyl groups excluding tert-OH is 2. The molecule has 2 bridgehead atoms. The molecular weight excluding hydrogens is 559 g/mol. The predicted molar refractivity (Wildman–Crippen MR) is 142 cm³/mol. The normalized spacial score (nSPS) is 25.0. The SMILES string of the molecule is C=COC(=O)c1ccc(-c2ccc(C(=O)NC[C@@]34CO[C@@H](O3)[C@H](Nc3cccc(C(F)(F)F)n3)[C@@H](O)[C@H]4O)cc2)cc1. The fourth-order valence-corrected chi connectivity index (χ4v) is 4.81. The Hall–Kier alpha value is -4.30. The van der Waals surface area contributed by atoms with E-state index in [2.05, 4.69) is 22.2 Å². The predicted octanol–water partition coefficient (Wildman–Crippen LogP) is 3.13. The molecule has 220 valence electrons. The molecule has 1 amide bonds. The summed E-state index contributed by atoms with van der Waals surface area (Å²) >= 11 is 0. The number of carbonyl (C=O) groups excluding carboxylic acids is 2. The summed E-state index contributed by atoms with van der Waals surface area (Å²) < 4.78 is 55.3. The number of pyridine rings is 1. The fourth-order valence-electron chi connectivity index (χ4n) is 4.81. The van der Waals surface area contributed by atoms with Crippen LogP contribution in [0, 0.1) is 0 Å². The molecule has 2 fully saturated rings. The van der Waals surface area contributed by atoms with Crippen LogP contribution in [0.15, 0.2) is 79.6 Å². The molecule has 3 aromatic rings. The molecule has 0 radical (unpaired) electrons. The number of alkyl halides is 3. The van der Waals surface area contributed by atoms with Gasteiger partial charge in [-0.2, -0.15) is 13.2 Å². The number of halogens is 3. The molecule has 1 aromatic heterocycles. The van der Waals surface area contributed by atoms with Crippen LogP contribution >= 0.6 is 0 Å². The summed E-state index contributed by atoms with van der Waals surface area (Å²) in [4.78, 5) is 28.2. The summed E-state index contributed by atoms with van der Waals surface area (Å²) in [6.45, 7) is 2.96. The summed E-state index contributed by atoms with van der Waals surface area (Å²) in [5, 5.41) is 27.0. The van der Waals surface area contributed by atoms with Gasteiger partial charge in [-0.1, -0.05) is 36.9 Å². The molecule has 0 spiro atoms. The van der Waals surface area contributed by atoms with Gasteiger partial charge in [0.15, 0.2) is 6.29 Å². The number of nitrogens with zero attached hydrogens (tertiary/aromatic N) is 1. The second-order valence-corrected chi connectivity index (χ2v) is 9.78. The molecule has 0 saturated carbocycles. The Morgan fingerprint density at radius 3 is 2.31 bits per heavy atom. The lowest BCUT2D eigenvalue weighted by Gasteiger charge is -2.43. The fraction of sp³-hybridized carbons (Fsp3) is 0.276. The zero-order chi connectivity index (χ0) is 30.1. The molecule has 2 aliphatic heterocycles. The summed E-state index contributed by atoms with van der Waals surface area (Å²) in [5.41, 5.74) is -0.324. The minimum atomic E-state index is -4.66. The number of rotatable bonds is 8. The average Bonchev–Trinajstić information content (AvgIpc) is 3.39. The maximum Gasteiger partial charge on any atom is 0.433 e. The van der Waals surface area contributed by atoms with Crippen LogP contribution in [0.4, 0.5) is 19.0 Å². The van der Waals surface area contributed by atoms with Gasteiger partial charge >= 0.3 is 12.1 Å². The van der Waals surface area contributed by atoms with Crippen molar-refractivity contribution in [3.05, 3.63) is 96.4 Å². The first-order valence-electron chi connectivity index (χ1n) is 12.8. The summed E-state index contributed by atoms with van der Waals surface area (Å²) in [6.07, 6.45) is -7.79. The molecule has 2 aliphatic rings. The number of hydrogen-bond acceptors (Lipinski definition) is 9. The maximum absolute atomic E-state index is 13.0. The molecular formula is C29H26F3N3O7. The number of aliphatic hydroxyl groups is 2. The lowest BCUT2D eigenvalue weighted by molar-refractivity contribution is -0.212. The van der Waals surface area contributed by atoms with E-state index < -0.39 is 53.9 Å². The molecule has 10 nitrogen and oxygen atoms in total. The van der Waals surface area contributed by atoms with Gasteiger partial charge in [0.2, 0.25) is 0 Å². The van der Waals surface area contributed by atoms with Crippen molar-refractivity contribution in [1.29, 1.82) is 0 Å². The molecule has 0 unspecified atom stereocenters. The van der Waals surface area contributed by atoms with E-state index in [1.54, 1.807) is 48.5 Å². The lowest BCUT2D eigenvalue weighted by atomic mass is 9.87. The van der Waals surface area contributed by atoms with Gasteiger partial charge in [0.25, 0.3) is 5.91 Å². The number of hydrogen-bond donors (Lipinski definition) is 4. The number of aromatic nitrogens is 1. The third-order valence-corrected chi connectivity index (χ3v) is 7.06. The van der Waals surface area contributed by atoms with Crippen LogP contribution in [0.1, 0.15) is 26.4 Å². The second kappa shape index (κ2) is 11.5. The van der Waals surface area contributed by atoms with Crippen molar-refractivity contribution < 1.29 is 47.2 Å². The Balaban J connectivity index is 1.20. The van der Waals surface area contributed by atoms with Crippen molar-refractivity contribution >= 4 is 17.7 Å². The first-order valence-corrected chi connectivity index (χ1v) is 12.8. The average molecular weight is 586 g/mol. The first-order chi connectivity index (χ1) is 20.0. The van der Waals surface area contributed by atoms with Gasteiger partial charge in [-0.15, -0.1) is 0 Å². The number of esters is 1. The molecule has 42 heavy (non-hydrogen) atoms. The van der Waals surface area contributed by atoms with E-state index in [9.17, 15) is 33.0 Å². The lowest BCUT2D eigenvalue weighted by Crippen LogP contribution is -2.66. The largest absolute Gasteiger partial charge is 0.433 e. The molecule has 13 heteroatoms. The Labute approximate surface area is 237 Å². The monoisotopic (exact) mass is 585 g/mol. The highest BCUT2D eigenvalue weighted by Gasteiger charge is 2.59. The van der Waals surface area contributed by atoms with Gasteiger partial charge in [-0.25, -0.2) is 9.78 Å². The highest BCUT2D eigenvalue weighted by Crippen LogP contribution is 2.38. The third-order valence-electron chi connectivity index (χ3n) is 7.06. The third kappa shape index (κ3) is 5.85. The standard InChI is InChI=1S/C29H26F3N3O7/c1-2-40-26(39)19-12-8-17(9-13-19)16-6-10-18(11-7-16)25(38)33-14-28-15-41-27(42-28)22(23(36)24(28)37)35-21-5-3-4-20(34-21)29(30,31)32/h2-13,22-24,27,36-37H,1,14-15H2,(H,33,38)(H,34,35)/t22-,23-,24-,27+,28+/m1/s1. The van der Waals surface area contributed by atoms with Crippen LogP contribution in [0.2, 0.25) is 0 Å². The quantitative estimate of drug-likeness (QED) is 0.232. The highest BCUT2D eigenvalue weighted by atomic mass is 19.4. The molecule has 0 aliphatic carbocycles. The smallest absolute Gasteiger partial charge is 0.432 e. The van der Waals surface area contributed by atoms with Crippen molar-refractivity contribution in [3.8, 4) is 11.1 Å². The molecule has 2 saturated heterocycles. The first kappa shape index (κ1) is 29.2. The number of amides is 1. The van der Waals surface area contributed by atoms with Crippen molar-refractivity contribution in [2.75, 3.05) is 18.5 Å². The zero-order valence-electron chi connectivity index (χ0n) is 21.9. The van der Waals surface area contributed by atoms with Gasteiger partial charge in [-0.05, 0) is 47.5 Å². The Morgan fingerprint density at radius 1 is 1.05 bits per heavy atom. The number of carbonyl (C=O) groups is 2. The van der Waals surface area contributed by atoms with E-state index in [-0.39, 0.29) is 19.0 Å². The van der Waals surface area contributed by atoms with Crippen molar-refractivity contribution in [3.63, 3.8) is 0 Å². The van der Waals surface area contributed by atoms with Crippen molar-refractivity contribution in [2.24, 2.45) is 0 Å². The topological polar surface area (TPSA) is 139 Å². The van der Waals surface area contributed by atoms with E-state index >= 15 is 0 Å². The summed E-state index contributed by atoms with van der Waals surface area (Å²) in [5.74, 6) is -1.18. The van der Waals surface area contributed by atoms with E-state index in [1.165, 1.54) is 6.07 Å². The summed E-state index contributed by atoms with van der Waals surface area (Å²) in [7, 11) is 0. The number of nitrogens with one attached hydrogen (secondary N) is 2. The number of fused-ring (bicyclic) bond motifs is 2. The van der Waals surface area contributed by atoms with Gasteiger partial charge in [0, 0.05) is 5.56 Å². The Morgan fingerprint density at radius 2 is 1.69 bits per heavy atom. The molecule has 5 rings (SSSR count). The molecule has 2 aromatic carbocycles. The Kier molecular flexibility index (Phi) is 8.01. The van der Waals surface area contributed by atoms with Gasteiger partial charge in [0.1, 0.15) is 35.4 Å². The van der Waals surface area contributed by atoms with Gasteiger partial charge in [0.05, 0.1) is 25.0 Å². The van der Waals surface area contributed by atoms with Crippen LogP contribution in [-0.4, -0.2) is 70.4 Å². The van der Waals surface area contributed by atoms with E-state index in [1.807, 2.05) is 0 Å². The van der Waals surface area contributed by atoms with Gasteiger partial charge < -0.3 is 35.1 Å². The van der Waals surface area contributed by atoms with Crippen LogP contribution < -0.4 is 10.6 Å². The van der Waals surface area contributed by atoms with Gasteiger partial charge in [-0.3, -0.25) is 4.79 Å². The zero-order valence-corrected chi connectivity index (χ0v) is 21.9. The van der Waals surface area contributed by atoms with Crippen LogP contribution in [0.25, 0.3) is 11.1 Å². The molecule has 3 heterocycles. The van der Waals surface area contributed by atoms with Crippen molar-refractivity contribution in [2.45, 2.75) is 36.3 Å². The molecule has 5 atom stereocenters. The van der Waals surface area contributed by atoms with E-state index in [0.29, 0.717) is 11.1 Å². The van der Waals surface area contributed by atoms with E-state index in [0.717, 1.165) is 29.5 Å². The molecule has 4 N–H and O–H groups in total. The summed E-state index contributed by atoms with van der Waals surface area (Å²) in [6, 6.07) is 15.5. The van der Waals surface area contributed by atoms with Crippen LogP contribution in [-0.2, 0) is 20.4 Å². The maximum atomic E-state index is 13.0. The Bertz CT molecular complexity index is 1470.